The molecule has 0 radical (unpaired) electrons. The number of nitrogens with zero attached hydrogens (tertiary/aromatic N) is 4. The van der Waals surface area contributed by atoms with Crippen molar-refractivity contribution in [2.24, 2.45) is 0 Å². The van der Waals surface area contributed by atoms with Gasteiger partial charge in [0.2, 0.25) is 5.91 Å². The van der Waals surface area contributed by atoms with Gasteiger partial charge in [0.25, 0.3) is 0 Å². The Balaban J connectivity index is 1.41. The maximum absolute atomic E-state index is 13.0. The van der Waals surface area contributed by atoms with E-state index in [4.69, 9.17) is 0 Å². The Bertz CT molecular complexity index is 965. The molecule has 1 unspecified atom stereocenters. The molecule has 2 aliphatic heterocycles. The highest BCUT2D eigenvalue weighted by molar-refractivity contribution is 7.97. The minimum atomic E-state index is -2.87. The quantitative estimate of drug-likeness (QED) is 0.722. The summed E-state index contributed by atoms with van der Waals surface area (Å²) in [6.45, 7) is 3.09. The fourth-order valence-electron chi connectivity index (χ4n) is 4.18. The van der Waals surface area contributed by atoms with Gasteiger partial charge in [-0.15, -0.1) is 0 Å². The van der Waals surface area contributed by atoms with E-state index in [1.807, 2.05) is 40.0 Å². The van der Waals surface area contributed by atoms with Crippen molar-refractivity contribution in [3.05, 3.63) is 30.1 Å². The summed E-state index contributed by atoms with van der Waals surface area (Å²) in [7, 11) is -2.87. The standard InChI is InChI=1S/C19H26N4O3S2/c1-27-13-18-20-16-4-2-3-5-17(16)23(18)12-19(24)22-9-7-21(8-10-22)15-6-11-28(25,26)14-15/h2-5,15H,6-14H2,1H3. The van der Waals surface area contributed by atoms with Crippen molar-refractivity contribution in [2.45, 2.75) is 24.8 Å². The number of hydrogen-bond donors (Lipinski definition) is 0. The highest BCUT2D eigenvalue weighted by Gasteiger charge is 2.34. The van der Waals surface area contributed by atoms with Crippen molar-refractivity contribution in [2.75, 3.05) is 43.9 Å². The predicted octanol–water partition coefficient (Wildman–Crippen LogP) is 1.23. The van der Waals surface area contributed by atoms with Gasteiger partial charge in [-0.05, 0) is 24.8 Å². The van der Waals surface area contributed by atoms with Crippen LogP contribution in [0.25, 0.3) is 11.0 Å². The van der Waals surface area contributed by atoms with Crippen molar-refractivity contribution in [1.29, 1.82) is 0 Å². The van der Waals surface area contributed by atoms with Gasteiger partial charge in [0, 0.05) is 32.2 Å². The van der Waals surface area contributed by atoms with Crippen LogP contribution in [0.15, 0.2) is 24.3 Å². The average Bonchev–Trinajstić information content (AvgIpc) is 3.22. The number of aromatic nitrogens is 2. The van der Waals surface area contributed by atoms with E-state index in [1.165, 1.54) is 0 Å². The van der Waals surface area contributed by atoms with Crippen molar-refractivity contribution in [3.63, 3.8) is 0 Å². The van der Waals surface area contributed by atoms with Gasteiger partial charge < -0.3 is 9.47 Å². The van der Waals surface area contributed by atoms with E-state index in [9.17, 15) is 13.2 Å². The van der Waals surface area contributed by atoms with Crippen molar-refractivity contribution < 1.29 is 13.2 Å². The van der Waals surface area contributed by atoms with Crippen LogP contribution in [0.4, 0.5) is 0 Å². The number of carbonyl (C=O) groups excluding carboxylic acids is 1. The van der Waals surface area contributed by atoms with Gasteiger partial charge in [-0.2, -0.15) is 11.8 Å². The third kappa shape index (κ3) is 4.06. The topological polar surface area (TPSA) is 75.5 Å². The van der Waals surface area contributed by atoms with Gasteiger partial charge in [0.05, 0.1) is 28.3 Å². The number of imidazole rings is 1. The lowest BCUT2D eigenvalue weighted by Gasteiger charge is -2.37. The fourth-order valence-corrected chi connectivity index (χ4v) is 6.42. The van der Waals surface area contributed by atoms with Crippen molar-refractivity contribution >= 4 is 38.5 Å². The summed E-state index contributed by atoms with van der Waals surface area (Å²) in [4.78, 5) is 21.8. The number of thioether (sulfide) groups is 1. The van der Waals surface area contributed by atoms with Gasteiger partial charge in [0.15, 0.2) is 9.84 Å². The van der Waals surface area contributed by atoms with Crippen LogP contribution in [0.2, 0.25) is 0 Å². The van der Waals surface area contributed by atoms with Crippen LogP contribution < -0.4 is 0 Å². The van der Waals surface area contributed by atoms with Gasteiger partial charge in [-0.3, -0.25) is 9.69 Å². The molecule has 2 saturated heterocycles. The van der Waals surface area contributed by atoms with Crippen LogP contribution in [0.5, 0.6) is 0 Å². The molecule has 7 nitrogen and oxygen atoms in total. The first-order valence-electron chi connectivity index (χ1n) is 9.62. The second-order valence-corrected chi connectivity index (χ2v) is 10.6. The number of para-hydroxylation sites is 2. The molecule has 28 heavy (non-hydrogen) atoms. The first-order chi connectivity index (χ1) is 13.5. The highest BCUT2D eigenvalue weighted by Crippen LogP contribution is 2.21. The number of sulfone groups is 1. The molecule has 1 atom stereocenters. The minimum absolute atomic E-state index is 0.101. The zero-order chi connectivity index (χ0) is 19.7. The van der Waals surface area contributed by atoms with E-state index in [-0.39, 0.29) is 17.7 Å². The zero-order valence-corrected chi connectivity index (χ0v) is 17.7. The lowest BCUT2D eigenvalue weighted by Crippen LogP contribution is -2.52. The minimum Gasteiger partial charge on any atom is -0.339 e. The van der Waals surface area contributed by atoms with Crippen LogP contribution >= 0.6 is 11.8 Å². The first-order valence-corrected chi connectivity index (χ1v) is 12.8. The van der Waals surface area contributed by atoms with Gasteiger partial charge in [-0.1, -0.05) is 12.1 Å². The molecule has 2 fully saturated rings. The number of piperazine rings is 1. The summed E-state index contributed by atoms with van der Waals surface area (Å²) in [5, 5.41) is 0. The summed E-state index contributed by atoms with van der Waals surface area (Å²) in [5.41, 5.74) is 1.92. The Kier molecular flexibility index (Phi) is 5.66. The lowest BCUT2D eigenvalue weighted by molar-refractivity contribution is -0.133. The fraction of sp³-hybridized carbons (Fsp3) is 0.579. The van der Waals surface area contributed by atoms with Crippen molar-refractivity contribution in [1.82, 2.24) is 19.4 Å². The molecule has 1 amide bonds. The molecule has 152 valence electrons. The molecule has 2 aliphatic rings. The Labute approximate surface area is 170 Å². The van der Waals surface area contributed by atoms with Gasteiger partial charge in [-0.25, -0.2) is 13.4 Å². The Hall–Kier alpha value is -1.58. The SMILES string of the molecule is CSCc1nc2ccccc2n1CC(=O)N1CCN(C2CCS(=O)(=O)C2)CC1. The van der Waals surface area contributed by atoms with Crippen LogP contribution in [-0.4, -0.2) is 83.7 Å². The third-order valence-electron chi connectivity index (χ3n) is 5.69. The average molecular weight is 423 g/mol. The second kappa shape index (κ2) is 8.04. The van der Waals surface area contributed by atoms with Crippen LogP contribution in [0.3, 0.4) is 0 Å². The largest absolute Gasteiger partial charge is 0.339 e. The molecule has 3 heterocycles. The van der Waals surface area contributed by atoms with Crippen LogP contribution in [0, 0.1) is 0 Å². The number of amides is 1. The smallest absolute Gasteiger partial charge is 0.242 e. The Morgan fingerprint density at radius 1 is 1.21 bits per heavy atom. The number of carbonyl (C=O) groups is 1. The van der Waals surface area contributed by atoms with E-state index < -0.39 is 9.84 Å². The molecule has 0 spiro atoms. The molecule has 9 heteroatoms. The number of benzene rings is 1. The van der Waals surface area contributed by atoms with Crippen LogP contribution in [0.1, 0.15) is 12.2 Å². The predicted molar refractivity (Wildman–Crippen MR) is 112 cm³/mol. The summed E-state index contributed by atoms with van der Waals surface area (Å²) >= 11 is 1.70. The molecule has 0 N–H and O–H groups in total. The van der Waals surface area contributed by atoms with Crippen LogP contribution in [-0.2, 0) is 26.9 Å². The highest BCUT2D eigenvalue weighted by atomic mass is 32.2. The maximum Gasteiger partial charge on any atom is 0.242 e. The summed E-state index contributed by atoms with van der Waals surface area (Å²) in [5.74, 6) is 2.36. The molecule has 4 rings (SSSR count). The van der Waals surface area contributed by atoms with E-state index >= 15 is 0 Å². The molecule has 1 aromatic carbocycles. The molecular weight excluding hydrogens is 396 g/mol. The summed E-state index contributed by atoms with van der Waals surface area (Å²) < 4.78 is 25.5. The van der Waals surface area contributed by atoms with Gasteiger partial charge >= 0.3 is 0 Å². The molecule has 2 aromatic rings. The number of rotatable bonds is 5. The first kappa shape index (κ1) is 19.7. The Morgan fingerprint density at radius 3 is 2.64 bits per heavy atom. The Morgan fingerprint density at radius 2 is 1.96 bits per heavy atom. The molecular formula is C19H26N4O3S2. The van der Waals surface area contributed by atoms with Crippen molar-refractivity contribution in [3.8, 4) is 0 Å². The zero-order valence-electron chi connectivity index (χ0n) is 16.1. The third-order valence-corrected chi connectivity index (χ3v) is 7.99. The van der Waals surface area contributed by atoms with E-state index in [0.717, 1.165) is 42.1 Å². The van der Waals surface area contributed by atoms with Gasteiger partial charge in [0.1, 0.15) is 12.4 Å². The molecule has 0 aliphatic carbocycles. The number of fused-ring (bicyclic) bond motifs is 1. The summed E-state index contributed by atoms with van der Waals surface area (Å²) in [6.07, 6.45) is 2.75. The molecule has 0 bridgehead atoms. The molecule has 0 saturated carbocycles. The maximum atomic E-state index is 13.0. The summed E-state index contributed by atoms with van der Waals surface area (Å²) in [6, 6.07) is 8.05. The van der Waals surface area contributed by atoms with E-state index in [2.05, 4.69) is 9.88 Å². The van der Waals surface area contributed by atoms with E-state index in [0.29, 0.717) is 25.4 Å². The normalized spacial score (nSPS) is 22.8. The lowest BCUT2D eigenvalue weighted by atomic mass is 10.2. The monoisotopic (exact) mass is 422 g/mol. The number of hydrogen-bond acceptors (Lipinski definition) is 6. The molecule has 1 aromatic heterocycles. The second-order valence-electron chi connectivity index (χ2n) is 7.51. The van der Waals surface area contributed by atoms with E-state index in [1.54, 1.807) is 11.8 Å².